The van der Waals surface area contributed by atoms with Crippen LogP contribution in [0, 0.1) is 0 Å². The van der Waals surface area contributed by atoms with Crippen LogP contribution in [0.25, 0.3) is 21.6 Å². The Morgan fingerprint density at radius 2 is 1.70 bits per heavy atom. The molecule has 2 aliphatic rings. The lowest BCUT2D eigenvalue weighted by molar-refractivity contribution is -0.140. The monoisotopic (exact) mass is 589 g/mol. The number of alkyl halides is 3. The number of rotatable bonds is 5. The third-order valence-corrected chi connectivity index (χ3v) is 10.7. The van der Waals surface area contributed by atoms with Crippen LogP contribution in [0.1, 0.15) is 42.9 Å². The van der Waals surface area contributed by atoms with Gasteiger partial charge in [-0.2, -0.15) is 13.2 Å². The third kappa shape index (κ3) is 5.17. The second kappa shape index (κ2) is 10.6. The van der Waals surface area contributed by atoms with Crippen LogP contribution < -0.4 is 0 Å². The van der Waals surface area contributed by atoms with Crippen molar-refractivity contribution in [3.05, 3.63) is 65.4 Å². The molecule has 3 aromatic heterocycles. The maximum atomic E-state index is 13.6. The molecule has 212 valence electrons. The summed E-state index contributed by atoms with van der Waals surface area (Å²) in [7, 11) is -1.88. The van der Waals surface area contributed by atoms with Crippen LogP contribution in [0.3, 0.4) is 0 Å². The van der Waals surface area contributed by atoms with Crippen molar-refractivity contribution < 1.29 is 21.6 Å². The number of hydrogen-bond acceptors (Lipinski definition) is 7. The molecule has 4 aromatic rings. The van der Waals surface area contributed by atoms with E-state index in [2.05, 4.69) is 26.8 Å². The van der Waals surface area contributed by atoms with Crippen molar-refractivity contribution in [1.82, 2.24) is 23.7 Å². The van der Waals surface area contributed by atoms with E-state index in [1.807, 2.05) is 6.07 Å². The van der Waals surface area contributed by atoms with Crippen molar-refractivity contribution in [3.63, 3.8) is 0 Å². The zero-order valence-electron chi connectivity index (χ0n) is 22.0. The molecule has 40 heavy (non-hydrogen) atoms. The van der Waals surface area contributed by atoms with E-state index in [0.29, 0.717) is 17.0 Å². The number of hydrogen-bond donors (Lipinski definition) is 0. The molecule has 0 amide bonds. The van der Waals surface area contributed by atoms with Gasteiger partial charge in [-0.15, -0.1) is 11.3 Å². The van der Waals surface area contributed by atoms with Crippen molar-refractivity contribution in [2.45, 2.75) is 48.7 Å². The Bertz CT molecular complexity index is 1600. The van der Waals surface area contributed by atoms with E-state index in [4.69, 9.17) is 0 Å². The lowest BCUT2D eigenvalue weighted by Gasteiger charge is -2.41. The highest BCUT2D eigenvalue weighted by atomic mass is 32.2. The highest BCUT2D eigenvalue weighted by Gasteiger charge is 2.35. The summed E-state index contributed by atoms with van der Waals surface area (Å²) < 4.78 is 68.3. The number of nitrogens with zero attached hydrogens (tertiary/aromatic N) is 5. The number of benzene rings is 1. The van der Waals surface area contributed by atoms with Gasteiger partial charge in [0.2, 0.25) is 0 Å². The van der Waals surface area contributed by atoms with Crippen LogP contribution in [0.4, 0.5) is 13.2 Å². The molecular weight excluding hydrogens is 559 g/mol. The van der Waals surface area contributed by atoms with E-state index in [9.17, 15) is 21.6 Å². The summed E-state index contributed by atoms with van der Waals surface area (Å²) in [6, 6.07) is 10.4. The first kappa shape index (κ1) is 27.4. The van der Waals surface area contributed by atoms with Gasteiger partial charge in [0.05, 0.1) is 4.90 Å². The molecule has 0 atom stereocenters. The van der Waals surface area contributed by atoms with Crippen LogP contribution in [-0.4, -0.2) is 71.4 Å². The third-order valence-electron chi connectivity index (χ3n) is 8.18. The molecule has 1 aliphatic heterocycles. The minimum atomic E-state index is -4.59. The number of aromatic nitrogens is 3. The van der Waals surface area contributed by atoms with Gasteiger partial charge in [-0.3, -0.25) is 4.90 Å². The molecule has 0 unspecified atom stereocenters. The predicted octanol–water partition coefficient (Wildman–Crippen LogP) is 5.69. The van der Waals surface area contributed by atoms with Gasteiger partial charge < -0.3 is 4.90 Å². The van der Waals surface area contributed by atoms with Crippen molar-refractivity contribution in [2.75, 3.05) is 33.2 Å². The first-order chi connectivity index (χ1) is 19.1. The van der Waals surface area contributed by atoms with Crippen molar-refractivity contribution in [1.29, 1.82) is 0 Å². The van der Waals surface area contributed by atoms with Crippen LogP contribution in [0.15, 0.2) is 59.1 Å². The first-order valence-electron chi connectivity index (χ1n) is 13.4. The largest absolute Gasteiger partial charge is 0.434 e. The van der Waals surface area contributed by atoms with Crippen molar-refractivity contribution >= 4 is 32.4 Å². The van der Waals surface area contributed by atoms with Gasteiger partial charge >= 0.3 is 6.18 Å². The maximum absolute atomic E-state index is 13.6. The Morgan fingerprint density at radius 1 is 1.00 bits per heavy atom. The average molecular weight is 590 g/mol. The number of fused-ring (bicyclic) bond motifs is 1. The second-order valence-corrected chi connectivity index (χ2v) is 13.3. The summed E-state index contributed by atoms with van der Waals surface area (Å²) in [5.41, 5.74) is 0.492. The van der Waals surface area contributed by atoms with E-state index in [0.717, 1.165) is 78.1 Å². The smallest absolute Gasteiger partial charge is 0.304 e. The quantitative estimate of drug-likeness (QED) is 0.298. The topological polar surface area (TPSA) is 71.3 Å². The maximum Gasteiger partial charge on any atom is 0.434 e. The Kier molecular flexibility index (Phi) is 7.22. The molecule has 1 aromatic carbocycles. The van der Waals surface area contributed by atoms with E-state index in [1.165, 1.54) is 18.3 Å². The zero-order chi connectivity index (χ0) is 28.1. The fourth-order valence-corrected chi connectivity index (χ4v) is 8.06. The highest BCUT2D eigenvalue weighted by molar-refractivity contribution is 7.90. The Hall–Kier alpha value is -2.80. The molecule has 6 rings (SSSR count). The van der Waals surface area contributed by atoms with E-state index >= 15 is 0 Å². The fraction of sp³-hybridized carbons (Fsp3) is 0.429. The lowest BCUT2D eigenvalue weighted by Crippen LogP contribution is -2.49. The molecule has 1 aliphatic carbocycles. The molecule has 1 saturated heterocycles. The Labute approximate surface area is 235 Å². The number of likely N-dealkylation sites (N-methyl/N-ethyl adjacent to an activating group) is 1. The summed E-state index contributed by atoms with van der Waals surface area (Å²) in [6.45, 7) is 4.33. The van der Waals surface area contributed by atoms with E-state index < -0.39 is 21.9 Å². The van der Waals surface area contributed by atoms with E-state index in [-0.39, 0.29) is 21.5 Å². The Morgan fingerprint density at radius 3 is 2.35 bits per heavy atom. The molecule has 0 spiro atoms. The molecule has 0 bridgehead atoms. The van der Waals surface area contributed by atoms with Gasteiger partial charge in [0.1, 0.15) is 5.01 Å². The molecular formula is C28H30F3N5O2S2. The number of pyridine rings is 1. The SMILES string of the molecule is CN1CCN([C@H]2CC[C@H](c3cnc4c(c3)c(-c3nc(C(F)(F)F)cs3)cn4S(=O)(=O)c3ccccc3)CC2)CC1. The summed E-state index contributed by atoms with van der Waals surface area (Å²) in [4.78, 5) is 13.4. The van der Waals surface area contributed by atoms with Gasteiger partial charge in [-0.1, -0.05) is 18.2 Å². The molecule has 4 heterocycles. The lowest BCUT2D eigenvalue weighted by atomic mass is 9.81. The molecule has 2 fully saturated rings. The molecule has 1 saturated carbocycles. The normalized spacial score (nSPS) is 21.7. The summed E-state index contributed by atoms with van der Waals surface area (Å²) >= 11 is 0.846. The number of piperazine rings is 1. The zero-order valence-corrected chi connectivity index (χ0v) is 23.6. The summed E-state index contributed by atoms with van der Waals surface area (Å²) in [5.74, 6) is 0.254. The van der Waals surface area contributed by atoms with Gasteiger partial charge in [-0.25, -0.2) is 22.4 Å². The number of thiazole rings is 1. The Balaban J connectivity index is 1.36. The minimum Gasteiger partial charge on any atom is -0.304 e. The van der Waals surface area contributed by atoms with Crippen molar-refractivity contribution in [2.24, 2.45) is 0 Å². The van der Waals surface area contributed by atoms with Crippen LogP contribution in [0.2, 0.25) is 0 Å². The highest BCUT2D eigenvalue weighted by Crippen LogP contribution is 2.40. The van der Waals surface area contributed by atoms with Crippen molar-refractivity contribution in [3.8, 4) is 10.6 Å². The van der Waals surface area contributed by atoms with E-state index in [1.54, 1.807) is 24.4 Å². The van der Waals surface area contributed by atoms with Gasteiger partial charge in [0, 0.05) is 60.9 Å². The molecule has 0 radical (unpaired) electrons. The van der Waals surface area contributed by atoms with Gasteiger partial charge in [0.25, 0.3) is 10.0 Å². The minimum absolute atomic E-state index is 0.0710. The summed E-state index contributed by atoms with van der Waals surface area (Å²) in [5, 5.41) is 1.56. The predicted molar refractivity (Wildman–Crippen MR) is 149 cm³/mol. The molecule has 12 heteroatoms. The van der Waals surface area contributed by atoms with Crippen LogP contribution >= 0.6 is 11.3 Å². The molecule has 0 N–H and O–H groups in total. The van der Waals surface area contributed by atoms with Gasteiger partial charge in [-0.05, 0) is 62.4 Å². The second-order valence-electron chi connectivity index (χ2n) is 10.7. The van der Waals surface area contributed by atoms with Gasteiger partial charge in [0.15, 0.2) is 11.3 Å². The van der Waals surface area contributed by atoms with Crippen LogP contribution in [-0.2, 0) is 16.2 Å². The summed E-state index contributed by atoms with van der Waals surface area (Å²) in [6.07, 6.45) is 2.61. The average Bonchev–Trinajstić information content (AvgIpc) is 3.60. The standard InChI is InChI=1S/C28H30F3N5O2S2/c1-34-11-13-35(14-12-34)21-9-7-19(8-10-21)20-15-23-24(27-33-25(18-39-27)28(29,30)31)17-36(26(23)32-16-20)40(37,38)22-5-3-2-4-6-22/h2-6,15-19,21H,7-14H2,1H3/t19-,21-. The fourth-order valence-electron chi connectivity index (χ4n) is 5.87. The molecule has 7 nitrogen and oxygen atoms in total. The number of halogens is 3. The van der Waals surface area contributed by atoms with Crippen LogP contribution in [0.5, 0.6) is 0 Å². The first-order valence-corrected chi connectivity index (χ1v) is 15.7.